The number of rotatable bonds is 4. The van der Waals surface area contributed by atoms with Crippen LogP contribution in [0.5, 0.6) is 0 Å². The maximum atomic E-state index is 13.0. The molecule has 0 radical (unpaired) electrons. The first-order valence-corrected chi connectivity index (χ1v) is 11.5. The molecule has 0 aliphatic carbocycles. The van der Waals surface area contributed by atoms with E-state index in [2.05, 4.69) is 59.8 Å². The third-order valence-corrected chi connectivity index (χ3v) is 10.1. The van der Waals surface area contributed by atoms with Gasteiger partial charge in [-0.25, -0.2) is 0 Å². The van der Waals surface area contributed by atoms with Crippen LogP contribution in [0.2, 0.25) is 18.1 Å². The fourth-order valence-electron chi connectivity index (χ4n) is 2.78. The van der Waals surface area contributed by atoms with E-state index in [4.69, 9.17) is 4.43 Å². The molecule has 0 spiro atoms. The van der Waals surface area contributed by atoms with Crippen molar-refractivity contribution in [3.8, 4) is 0 Å². The molecule has 0 saturated carbocycles. The molecule has 0 aromatic heterocycles. The highest BCUT2D eigenvalue weighted by molar-refractivity contribution is 6.74. The summed E-state index contributed by atoms with van der Waals surface area (Å²) in [6.45, 7) is 16.0. The minimum Gasteiger partial charge on any atom is -0.405 e. The Bertz CT molecular complexity index is 550. The molecule has 1 fully saturated rings. The molecule has 3 atom stereocenters. The van der Waals surface area contributed by atoms with Crippen LogP contribution in [0.1, 0.15) is 40.2 Å². The molecule has 2 rings (SSSR count). The lowest BCUT2D eigenvalue weighted by Crippen LogP contribution is -2.47. The van der Waals surface area contributed by atoms with Gasteiger partial charge in [0.25, 0.3) is 5.91 Å². The molecule has 1 amide bonds. The molecule has 0 unspecified atom stereocenters. The van der Waals surface area contributed by atoms with E-state index in [-0.39, 0.29) is 29.0 Å². The van der Waals surface area contributed by atoms with Gasteiger partial charge in [0.1, 0.15) is 6.10 Å². The zero-order valence-corrected chi connectivity index (χ0v) is 16.6. The second kappa shape index (κ2) is 6.40. The van der Waals surface area contributed by atoms with Crippen molar-refractivity contribution in [2.75, 3.05) is 0 Å². The molecule has 0 N–H and O–H groups in total. The Morgan fingerprint density at radius 3 is 2.22 bits per heavy atom. The molecule has 4 heteroatoms. The summed E-state index contributed by atoms with van der Waals surface area (Å²) < 4.78 is 6.47. The van der Waals surface area contributed by atoms with Gasteiger partial charge in [0, 0.05) is 18.5 Å². The van der Waals surface area contributed by atoms with Crippen LogP contribution >= 0.6 is 0 Å². The van der Waals surface area contributed by atoms with Crippen molar-refractivity contribution in [2.45, 2.75) is 71.4 Å². The summed E-state index contributed by atoms with van der Waals surface area (Å²) in [5.74, 6) is 0.374. The van der Waals surface area contributed by atoms with Gasteiger partial charge in [0.2, 0.25) is 0 Å². The Morgan fingerprint density at radius 1 is 1.13 bits per heavy atom. The normalized spacial score (nSPS) is 26.0. The van der Waals surface area contributed by atoms with Gasteiger partial charge in [-0.15, -0.1) is 0 Å². The molecule has 23 heavy (non-hydrogen) atoms. The SMILES string of the molecule is C[C@@H]1[C@@H](O[Si](C)(C)C(C)(C)C)C(=O)N(Cc2ccccc2)[C@H]1C. The van der Waals surface area contributed by atoms with E-state index in [0.29, 0.717) is 6.54 Å². The summed E-state index contributed by atoms with van der Waals surface area (Å²) in [4.78, 5) is 14.9. The first-order chi connectivity index (χ1) is 10.5. The Morgan fingerprint density at radius 2 is 1.70 bits per heavy atom. The molecule has 3 nitrogen and oxygen atoms in total. The molecule has 1 aromatic carbocycles. The number of nitrogens with zero attached hydrogens (tertiary/aromatic N) is 1. The number of carbonyl (C=O) groups excluding carboxylic acids is 1. The van der Waals surface area contributed by atoms with Crippen LogP contribution in [-0.2, 0) is 15.8 Å². The van der Waals surface area contributed by atoms with Gasteiger partial charge in [-0.1, -0.05) is 58.0 Å². The molecule has 1 aromatic rings. The first-order valence-electron chi connectivity index (χ1n) is 8.57. The number of benzene rings is 1. The summed E-state index contributed by atoms with van der Waals surface area (Å²) in [7, 11) is -1.95. The highest BCUT2D eigenvalue weighted by atomic mass is 28.4. The predicted molar refractivity (Wildman–Crippen MR) is 97.7 cm³/mol. The number of hydrogen-bond acceptors (Lipinski definition) is 2. The fourth-order valence-corrected chi connectivity index (χ4v) is 4.08. The monoisotopic (exact) mass is 333 g/mol. The maximum Gasteiger partial charge on any atom is 0.251 e. The van der Waals surface area contributed by atoms with Crippen LogP contribution in [0, 0.1) is 5.92 Å². The van der Waals surface area contributed by atoms with E-state index in [1.54, 1.807) is 0 Å². The van der Waals surface area contributed by atoms with E-state index < -0.39 is 8.32 Å². The van der Waals surface area contributed by atoms with Gasteiger partial charge in [0.05, 0.1) is 0 Å². The Labute approximate surface area is 142 Å². The van der Waals surface area contributed by atoms with Crippen LogP contribution < -0.4 is 0 Å². The van der Waals surface area contributed by atoms with E-state index in [1.807, 2.05) is 23.1 Å². The fraction of sp³-hybridized carbons (Fsp3) is 0.632. The van der Waals surface area contributed by atoms with Crippen molar-refractivity contribution < 1.29 is 9.22 Å². The van der Waals surface area contributed by atoms with Crippen LogP contribution in [0.3, 0.4) is 0 Å². The topological polar surface area (TPSA) is 29.5 Å². The van der Waals surface area contributed by atoms with E-state index in [1.165, 1.54) is 5.56 Å². The highest BCUT2D eigenvalue weighted by Crippen LogP contribution is 2.40. The van der Waals surface area contributed by atoms with Gasteiger partial charge in [-0.2, -0.15) is 0 Å². The van der Waals surface area contributed by atoms with Crippen LogP contribution in [-0.4, -0.2) is 31.3 Å². The van der Waals surface area contributed by atoms with Gasteiger partial charge in [-0.05, 0) is 30.6 Å². The number of likely N-dealkylation sites (tertiary alicyclic amines) is 1. The van der Waals surface area contributed by atoms with Crippen molar-refractivity contribution in [3.05, 3.63) is 35.9 Å². The second-order valence-corrected chi connectivity index (χ2v) is 13.1. The molecule has 1 heterocycles. The molecule has 1 saturated heterocycles. The van der Waals surface area contributed by atoms with Crippen molar-refractivity contribution in [2.24, 2.45) is 5.92 Å². The summed E-state index contributed by atoms with van der Waals surface area (Å²) in [5.41, 5.74) is 1.17. The third-order valence-electron chi connectivity index (χ3n) is 5.68. The largest absolute Gasteiger partial charge is 0.405 e. The summed E-state index contributed by atoms with van der Waals surface area (Å²) >= 11 is 0. The minimum atomic E-state index is -1.95. The summed E-state index contributed by atoms with van der Waals surface area (Å²) in [6, 6.07) is 10.4. The number of amides is 1. The van der Waals surface area contributed by atoms with Crippen LogP contribution in [0.25, 0.3) is 0 Å². The zero-order chi connectivity index (χ0) is 17.4. The lowest BCUT2D eigenvalue weighted by Gasteiger charge is -2.38. The first kappa shape index (κ1) is 18.2. The lowest BCUT2D eigenvalue weighted by atomic mass is 10.0. The standard InChI is InChI=1S/C19H31NO2Si/c1-14-15(2)20(13-16-11-9-8-10-12-16)18(21)17(14)22-23(6,7)19(3,4)5/h8-12,14-15,17H,13H2,1-7H3/t14-,15-,17+/m0/s1. The molecular formula is C19H31NO2Si. The van der Waals surface area contributed by atoms with Gasteiger partial charge in [-0.3, -0.25) is 4.79 Å². The van der Waals surface area contributed by atoms with Crippen molar-refractivity contribution in [1.82, 2.24) is 4.90 Å². The van der Waals surface area contributed by atoms with E-state index in [0.717, 1.165) is 0 Å². The van der Waals surface area contributed by atoms with Crippen molar-refractivity contribution >= 4 is 14.2 Å². The highest BCUT2D eigenvalue weighted by Gasteiger charge is 2.49. The number of hydrogen-bond donors (Lipinski definition) is 0. The van der Waals surface area contributed by atoms with Crippen molar-refractivity contribution in [1.29, 1.82) is 0 Å². The average molecular weight is 334 g/mol. The number of carbonyl (C=O) groups is 1. The van der Waals surface area contributed by atoms with E-state index >= 15 is 0 Å². The maximum absolute atomic E-state index is 13.0. The average Bonchev–Trinajstić information content (AvgIpc) is 2.65. The van der Waals surface area contributed by atoms with Crippen molar-refractivity contribution in [3.63, 3.8) is 0 Å². The Kier molecular flexibility index (Phi) is 5.07. The summed E-state index contributed by atoms with van der Waals surface area (Å²) in [6.07, 6.45) is -0.297. The molecular weight excluding hydrogens is 302 g/mol. The van der Waals surface area contributed by atoms with Gasteiger partial charge < -0.3 is 9.33 Å². The third kappa shape index (κ3) is 3.69. The molecule has 1 aliphatic heterocycles. The lowest BCUT2D eigenvalue weighted by molar-refractivity contribution is -0.135. The zero-order valence-electron chi connectivity index (χ0n) is 15.6. The Balaban J connectivity index is 2.16. The Hall–Kier alpha value is -1.13. The molecule has 1 aliphatic rings. The molecule has 0 bridgehead atoms. The van der Waals surface area contributed by atoms with Gasteiger partial charge in [0.15, 0.2) is 8.32 Å². The smallest absolute Gasteiger partial charge is 0.251 e. The molecule has 128 valence electrons. The second-order valence-electron chi connectivity index (χ2n) is 8.35. The quantitative estimate of drug-likeness (QED) is 0.762. The summed E-state index contributed by atoms with van der Waals surface area (Å²) in [5, 5.41) is 0.114. The predicted octanol–water partition coefficient (Wildman–Crippen LogP) is 4.44. The van der Waals surface area contributed by atoms with Crippen LogP contribution in [0.4, 0.5) is 0 Å². The van der Waals surface area contributed by atoms with Crippen LogP contribution in [0.15, 0.2) is 30.3 Å². The van der Waals surface area contributed by atoms with Gasteiger partial charge >= 0.3 is 0 Å². The minimum absolute atomic E-state index is 0.114. The van der Waals surface area contributed by atoms with E-state index in [9.17, 15) is 4.79 Å².